The van der Waals surface area contributed by atoms with Crippen LogP contribution in [-0.4, -0.2) is 38.8 Å². The molecule has 3 rings (SSSR count). The quantitative estimate of drug-likeness (QED) is 0.653. The van der Waals surface area contributed by atoms with E-state index < -0.39 is 27.9 Å². The van der Waals surface area contributed by atoms with Crippen LogP contribution in [0.5, 0.6) is 0 Å². The lowest BCUT2D eigenvalue weighted by Crippen LogP contribution is -2.33. The number of benzene rings is 2. The smallest absolute Gasteiger partial charge is 0.308 e. The van der Waals surface area contributed by atoms with Crippen molar-refractivity contribution in [2.75, 3.05) is 6.54 Å². The molecule has 0 spiro atoms. The third-order valence-corrected chi connectivity index (χ3v) is 5.72. The minimum absolute atomic E-state index is 0.0278. The predicted molar refractivity (Wildman–Crippen MR) is 111 cm³/mol. The number of hydrogen-bond donors (Lipinski definition) is 2. The minimum Gasteiger partial charge on any atom is -0.463 e. The Morgan fingerprint density at radius 1 is 1.07 bits per heavy atom. The Balaban J connectivity index is 1.72. The Morgan fingerprint density at radius 2 is 1.73 bits per heavy atom. The molecule has 9 heteroatoms. The summed E-state index contributed by atoms with van der Waals surface area (Å²) in [5, 5.41) is 2.78. The maximum Gasteiger partial charge on any atom is 0.308 e. The third kappa shape index (κ3) is 5.24. The predicted octanol–water partition coefficient (Wildman–Crippen LogP) is 1.92. The van der Waals surface area contributed by atoms with Crippen LogP contribution in [-0.2, 0) is 24.3 Å². The van der Waals surface area contributed by atoms with Crippen molar-refractivity contribution in [3.63, 3.8) is 0 Å². The van der Waals surface area contributed by atoms with Crippen molar-refractivity contribution in [3.8, 4) is 0 Å². The van der Waals surface area contributed by atoms with E-state index in [1.165, 1.54) is 6.07 Å². The number of carbonyl (C=O) groups excluding carboxylic acids is 2. The summed E-state index contributed by atoms with van der Waals surface area (Å²) >= 11 is 0. The normalized spacial score (nSPS) is 16.6. The Labute approximate surface area is 175 Å². The molecular formula is C21H23N3O5S. The molecule has 0 aromatic heterocycles. The molecule has 30 heavy (non-hydrogen) atoms. The minimum atomic E-state index is -3.67. The van der Waals surface area contributed by atoms with Crippen molar-refractivity contribution in [1.82, 2.24) is 10.0 Å². The molecule has 2 aromatic rings. The van der Waals surface area contributed by atoms with Gasteiger partial charge >= 0.3 is 5.97 Å². The fourth-order valence-electron chi connectivity index (χ4n) is 3.06. The maximum absolute atomic E-state index is 12.5. The third-order valence-electron chi connectivity index (χ3n) is 4.32. The molecule has 1 amide bonds. The van der Waals surface area contributed by atoms with E-state index in [0.717, 1.165) is 5.56 Å². The maximum atomic E-state index is 12.5. The number of rotatable bonds is 7. The van der Waals surface area contributed by atoms with Gasteiger partial charge in [-0.25, -0.2) is 8.42 Å². The summed E-state index contributed by atoms with van der Waals surface area (Å²) in [6.07, 6.45) is -0.286. The number of carbonyl (C=O) groups is 2. The van der Waals surface area contributed by atoms with Crippen LogP contribution in [0.25, 0.3) is 0 Å². The second kappa shape index (κ2) is 9.08. The van der Waals surface area contributed by atoms with E-state index in [0.29, 0.717) is 5.56 Å². The molecule has 0 saturated heterocycles. The fourth-order valence-corrected chi connectivity index (χ4v) is 4.31. The van der Waals surface area contributed by atoms with Crippen molar-refractivity contribution in [3.05, 3.63) is 65.7 Å². The van der Waals surface area contributed by atoms with Crippen LogP contribution in [0.3, 0.4) is 0 Å². The number of ether oxygens (including phenoxy) is 1. The van der Waals surface area contributed by atoms with Gasteiger partial charge in [-0.05, 0) is 31.5 Å². The lowest BCUT2D eigenvalue weighted by Gasteiger charge is -2.19. The molecule has 1 aliphatic rings. The average Bonchev–Trinajstić information content (AvgIpc) is 2.96. The van der Waals surface area contributed by atoms with Gasteiger partial charge in [-0.1, -0.05) is 42.5 Å². The number of amides is 1. The van der Waals surface area contributed by atoms with Gasteiger partial charge in [0, 0.05) is 5.56 Å². The van der Waals surface area contributed by atoms with Crippen LogP contribution in [0, 0.1) is 0 Å². The number of esters is 1. The number of fused-ring (bicyclic) bond motifs is 1. The zero-order valence-corrected chi connectivity index (χ0v) is 17.5. The van der Waals surface area contributed by atoms with Gasteiger partial charge in [-0.15, -0.1) is 0 Å². The molecule has 1 unspecified atom stereocenters. The van der Waals surface area contributed by atoms with E-state index in [1.807, 2.05) is 18.2 Å². The van der Waals surface area contributed by atoms with Gasteiger partial charge in [-0.2, -0.15) is 0 Å². The Bertz CT molecular complexity index is 1070. The first kappa shape index (κ1) is 21.5. The van der Waals surface area contributed by atoms with Gasteiger partial charge in [0.05, 0.1) is 23.5 Å². The van der Waals surface area contributed by atoms with Crippen molar-refractivity contribution in [1.29, 1.82) is 0 Å². The second-order valence-corrected chi connectivity index (χ2v) is 8.69. The molecule has 0 aliphatic carbocycles. The summed E-state index contributed by atoms with van der Waals surface area (Å²) in [4.78, 5) is 28.9. The molecule has 1 heterocycles. The van der Waals surface area contributed by atoms with E-state index in [4.69, 9.17) is 4.74 Å². The van der Waals surface area contributed by atoms with Crippen molar-refractivity contribution < 1.29 is 22.7 Å². The highest BCUT2D eigenvalue weighted by molar-refractivity contribution is 7.90. The first-order valence-corrected chi connectivity index (χ1v) is 10.9. The molecule has 0 fully saturated rings. The molecule has 1 aliphatic heterocycles. The lowest BCUT2D eigenvalue weighted by molar-refractivity contribution is -0.148. The highest BCUT2D eigenvalue weighted by Gasteiger charge is 2.30. The zero-order chi connectivity index (χ0) is 21.7. The van der Waals surface area contributed by atoms with E-state index in [-0.39, 0.29) is 29.8 Å². The van der Waals surface area contributed by atoms with Crippen LogP contribution < -0.4 is 10.0 Å². The number of amidine groups is 1. The number of nitrogens with zero attached hydrogens (tertiary/aromatic N) is 1. The first-order chi connectivity index (χ1) is 14.3. The molecule has 1 atom stereocenters. The lowest BCUT2D eigenvalue weighted by atomic mass is 10.0. The zero-order valence-electron chi connectivity index (χ0n) is 16.7. The van der Waals surface area contributed by atoms with Crippen molar-refractivity contribution in [2.24, 2.45) is 4.99 Å². The fraction of sp³-hybridized carbons (Fsp3) is 0.286. The standard InChI is InChI=1S/C21H23N3O5S/c1-14(2)29-20(26)12-17(15-8-4-3-5-9-15)23-19(25)13-22-21-16-10-6-7-11-18(16)30(27,28)24-21/h3-11,14,17H,12-13H2,1-2H3,(H,22,24)(H,23,25). The number of hydrogen-bond acceptors (Lipinski definition) is 6. The largest absolute Gasteiger partial charge is 0.463 e. The van der Waals surface area contributed by atoms with Gasteiger partial charge in [0.25, 0.3) is 10.0 Å². The Kier molecular flexibility index (Phi) is 6.51. The topological polar surface area (TPSA) is 114 Å². The monoisotopic (exact) mass is 429 g/mol. The van der Waals surface area contributed by atoms with Gasteiger partial charge in [0.1, 0.15) is 12.4 Å². The average molecular weight is 429 g/mol. The van der Waals surface area contributed by atoms with Crippen molar-refractivity contribution >= 4 is 27.7 Å². The van der Waals surface area contributed by atoms with E-state index in [9.17, 15) is 18.0 Å². The molecule has 2 aromatic carbocycles. The van der Waals surface area contributed by atoms with Gasteiger partial charge in [0.15, 0.2) is 0 Å². The highest BCUT2D eigenvalue weighted by Crippen LogP contribution is 2.22. The second-order valence-electron chi connectivity index (χ2n) is 7.04. The SMILES string of the molecule is CC(C)OC(=O)CC(NC(=O)CN=C1NS(=O)(=O)c2ccccc21)c1ccccc1. The van der Waals surface area contributed by atoms with Crippen LogP contribution in [0.15, 0.2) is 64.5 Å². The van der Waals surface area contributed by atoms with E-state index >= 15 is 0 Å². The summed E-state index contributed by atoms with van der Waals surface area (Å²) < 4.78 is 31.8. The van der Waals surface area contributed by atoms with E-state index in [1.54, 1.807) is 44.2 Å². The summed E-state index contributed by atoms with van der Waals surface area (Å²) in [5.41, 5.74) is 1.18. The van der Waals surface area contributed by atoms with Crippen LogP contribution in [0.2, 0.25) is 0 Å². The van der Waals surface area contributed by atoms with Crippen molar-refractivity contribution in [2.45, 2.75) is 37.3 Å². The van der Waals surface area contributed by atoms with Crippen LogP contribution in [0.1, 0.15) is 37.4 Å². The molecular weight excluding hydrogens is 406 g/mol. The summed E-state index contributed by atoms with van der Waals surface area (Å²) in [5.74, 6) is -0.753. The molecule has 8 nitrogen and oxygen atoms in total. The number of nitrogens with one attached hydrogen (secondary N) is 2. The summed E-state index contributed by atoms with van der Waals surface area (Å²) in [6, 6.07) is 14.9. The van der Waals surface area contributed by atoms with Crippen LogP contribution in [0.4, 0.5) is 0 Å². The van der Waals surface area contributed by atoms with Gasteiger partial charge in [0.2, 0.25) is 5.91 Å². The summed E-state index contributed by atoms with van der Waals surface area (Å²) in [7, 11) is -3.67. The molecule has 0 bridgehead atoms. The molecule has 0 saturated carbocycles. The Hall–Kier alpha value is -3.20. The number of aliphatic imine (C=N–C) groups is 1. The van der Waals surface area contributed by atoms with Gasteiger partial charge < -0.3 is 10.1 Å². The molecule has 0 radical (unpaired) electrons. The van der Waals surface area contributed by atoms with Crippen LogP contribution >= 0.6 is 0 Å². The molecule has 158 valence electrons. The van der Waals surface area contributed by atoms with Gasteiger partial charge in [-0.3, -0.25) is 19.3 Å². The highest BCUT2D eigenvalue weighted by atomic mass is 32.2. The first-order valence-electron chi connectivity index (χ1n) is 9.46. The Morgan fingerprint density at radius 3 is 2.43 bits per heavy atom. The summed E-state index contributed by atoms with van der Waals surface area (Å²) in [6.45, 7) is 3.21. The number of sulfonamides is 1. The van der Waals surface area contributed by atoms with E-state index in [2.05, 4.69) is 15.0 Å². The molecule has 2 N–H and O–H groups in total.